The van der Waals surface area contributed by atoms with E-state index < -0.39 is 10.0 Å². The van der Waals surface area contributed by atoms with Gasteiger partial charge >= 0.3 is 0 Å². The molecule has 0 atom stereocenters. The van der Waals surface area contributed by atoms with Gasteiger partial charge in [0.2, 0.25) is 5.91 Å². The zero-order chi connectivity index (χ0) is 23.0. The second kappa shape index (κ2) is 10.6. The summed E-state index contributed by atoms with van der Waals surface area (Å²) in [6, 6.07) is 22.5. The van der Waals surface area contributed by atoms with Gasteiger partial charge in [-0.2, -0.15) is 0 Å². The van der Waals surface area contributed by atoms with Gasteiger partial charge in [-0.1, -0.05) is 30.3 Å². The molecule has 0 aliphatic rings. The lowest BCUT2D eigenvalue weighted by atomic mass is 10.2. The van der Waals surface area contributed by atoms with Gasteiger partial charge in [0.05, 0.1) is 17.2 Å². The van der Waals surface area contributed by atoms with Crippen molar-refractivity contribution in [1.29, 1.82) is 0 Å². The van der Waals surface area contributed by atoms with E-state index in [0.717, 1.165) is 11.3 Å². The third-order valence-electron chi connectivity index (χ3n) is 4.66. The van der Waals surface area contributed by atoms with Crippen molar-refractivity contribution in [3.63, 3.8) is 0 Å². The molecule has 6 nitrogen and oxygen atoms in total. The van der Waals surface area contributed by atoms with E-state index in [4.69, 9.17) is 4.74 Å². The van der Waals surface area contributed by atoms with Crippen LogP contribution in [0.25, 0.3) is 6.08 Å². The summed E-state index contributed by atoms with van der Waals surface area (Å²) in [5.41, 5.74) is 1.98. The highest BCUT2D eigenvalue weighted by Gasteiger charge is 2.23. The van der Waals surface area contributed by atoms with E-state index in [9.17, 15) is 13.2 Å². The maximum absolute atomic E-state index is 13.0. The van der Waals surface area contributed by atoms with Crippen LogP contribution in [-0.4, -0.2) is 27.5 Å². The maximum Gasteiger partial charge on any atom is 0.264 e. The number of benzene rings is 3. The Balaban J connectivity index is 1.66. The van der Waals surface area contributed by atoms with Crippen molar-refractivity contribution in [1.82, 2.24) is 0 Å². The normalized spacial score (nSPS) is 11.3. The molecule has 166 valence electrons. The quantitative estimate of drug-likeness (QED) is 0.468. The number of nitrogens with one attached hydrogen (secondary N) is 1. The van der Waals surface area contributed by atoms with Gasteiger partial charge in [0, 0.05) is 18.3 Å². The third kappa shape index (κ3) is 5.76. The van der Waals surface area contributed by atoms with Crippen LogP contribution in [0.3, 0.4) is 0 Å². The van der Waals surface area contributed by atoms with Crippen LogP contribution in [0.15, 0.2) is 89.8 Å². The monoisotopic (exact) mass is 450 g/mol. The van der Waals surface area contributed by atoms with E-state index in [1.54, 1.807) is 49.4 Å². The van der Waals surface area contributed by atoms with Crippen molar-refractivity contribution < 1.29 is 17.9 Å². The highest BCUT2D eigenvalue weighted by molar-refractivity contribution is 7.92. The first-order chi connectivity index (χ1) is 15.4. The molecule has 0 radical (unpaired) electrons. The maximum atomic E-state index is 13.0. The molecule has 1 amide bonds. The van der Waals surface area contributed by atoms with Crippen LogP contribution in [0.4, 0.5) is 11.4 Å². The van der Waals surface area contributed by atoms with Crippen molar-refractivity contribution >= 4 is 33.4 Å². The Morgan fingerprint density at radius 3 is 2.19 bits per heavy atom. The van der Waals surface area contributed by atoms with Gasteiger partial charge in [-0.3, -0.25) is 9.10 Å². The Morgan fingerprint density at radius 1 is 0.938 bits per heavy atom. The Hall–Kier alpha value is -3.58. The largest absolute Gasteiger partial charge is 0.494 e. The third-order valence-corrected chi connectivity index (χ3v) is 6.58. The van der Waals surface area contributed by atoms with Crippen LogP contribution in [0.1, 0.15) is 19.4 Å². The first-order valence-electron chi connectivity index (χ1n) is 10.3. The molecule has 7 heteroatoms. The number of amides is 1. The molecule has 1 N–H and O–H groups in total. The second-order valence-electron chi connectivity index (χ2n) is 6.85. The van der Waals surface area contributed by atoms with E-state index in [2.05, 4.69) is 5.32 Å². The summed E-state index contributed by atoms with van der Waals surface area (Å²) in [5.74, 6) is 0.465. The lowest BCUT2D eigenvalue weighted by molar-refractivity contribution is -0.111. The molecule has 0 unspecified atom stereocenters. The summed E-state index contributed by atoms with van der Waals surface area (Å²) in [5, 5.41) is 2.74. The molecule has 0 aliphatic heterocycles. The SMILES string of the molecule is CCOc1ccc(/C=C/C(=O)Nc2ccc(S(=O)(=O)N(CC)c3ccccc3)cc2)cc1. The average Bonchev–Trinajstić information content (AvgIpc) is 2.80. The number of anilines is 2. The Kier molecular flexibility index (Phi) is 7.68. The first-order valence-corrected chi connectivity index (χ1v) is 11.8. The minimum Gasteiger partial charge on any atom is -0.494 e. The Morgan fingerprint density at radius 2 is 1.59 bits per heavy atom. The van der Waals surface area contributed by atoms with Gasteiger partial charge < -0.3 is 10.1 Å². The van der Waals surface area contributed by atoms with Crippen molar-refractivity contribution in [2.24, 2.45) is 0 Å². The Bertz CT molecular complexity index is 1160. The molecular weight excluding hydrogens is 424 g/mol. The minimum absolute atomic E-state index is 0.158. The van der Waals surface area contributed by atoms with Crippen molar-refractivity contribution in [3.8, 4) is 5.75 Å². The van der Waals surface area contributed by atoms with Crippen LogP contribution in [0, 0.1) is 0 Å². The van der Waals surface area contributed by atoms with E-state index in [1.807, 2.05) is 37.3 Å². The molecule has 3 aromatic rings. The fourth-order valence-electron chi connectivity index (χ4n) is 3.12. The predicted octanol–water partition coefficient (Wildman–Crippen LogP) is 4.95. The summed E-state index contributed by atoms with van der Waals surface area (Å²) in [4.78, 5) is 12.4. The lowest BCUT2D eigenvalue weighted by Gasteiger charge is -2.23. The number of carbonyl (C=O) groups is 1. The highest BCUT2D eigenvalue weighted by atomic mass is 32.2. The van der Waals surface area contributed by atoms with Crippen LogP contribution in [0.5, 0.6) is 5.75 Å². The number of nitrogens with zero attached hydrogens (tertiary/aromatic N) is 1. The second-order valence-corrected chi connectivity index (χ2v) is 8.72. The minimum atomic E-state index is -3.71. The standard InChI is InChI=1S/C25H26N2O4S/c1-3-27(22-8-6-5-7-9-22)32(29,30)24-17-13-21(14-18-24)26-25(28)19-12-20-10-15-23(16-11-20)31-4-2/h5-19H,3-4H2,1-2H3,(H,26,28)/b19-12+. The molecule has 0 fully saturated rings. The van der Waals surface area contributed by atoms with E-state index in [1.165, 1.54) is 22.5 Å². The van der Waals surface area contributed by atoms with Crippen molar-refractivity contribution in [2.75, 3.05) is 22.8 Å². The van der Waals surface area contributed by atoms with Gasteiger partial charge in [0.15, 0.2) is 0 Å². The number of sulfonamides is 1. The van der Waals surface area contributed by atoms with Crippen molar-refractivity contribution in [3.05, 3.63) is 90.5 Å². The lowest BCUT2D eigenvalue weighted by Crippen LogP contribution is -2.30. The van der Waals surface area contributed by atoms with Gasteiger partial charge in [0.1, 0.15) is 5.75 Å². The van der Waals surface area contributed by atoms with Crippen LogP contribution in [0.2, 0.25) is 0 Å². The van der Waals surface area contributed by atoms with Crippen LogP contribution >= 0.6 is 0 Å². The summed E-state index contributed by atoms with van der Waals surface area (Å²) < 4.78 is 32.8. The molecule has 32 heavy (non-hydrogen) atoms. The topological polar surface area (TPSA) is 75.7 Å². The average molecular weight is 451 g/mol. The fourth-order valence-corrected chi connectivity index (χ4v) is 4.59. The molecule has 0 aliphatic carbocycles. The number of ether oxygens (including phenoxy) is 1. The number of carbonyl (C=O) groups excluding carboxylic acids is 1. The summed E-state index contributed by atoms with van der Waals surface area (Å²) >= 11 is 0. The van der Waals surface area contributed by atoms with E-state index in [-0.39, 0.29) is 10.8 Å². The fraction of sp³-hybridized carbons (Fsp3) is 0.160. The van der Waals surface area contributed by atoms with Gasteiger partial charge in [-0.15, -0.1) is 0 Å². The molecule has 0 saturated carbocycles. The molecule has 0 saturated heterocycles. The van der Waals surface area contributed by atoms with Gasteiger partial charge in [-0.25, -0.2) is 8.42 Å². The smallest absolute Gasteiger partial charge is 0.264 e. The van der Waals surface area contributed by atoms with Crippen LogP contribution in [-0.2, 0) is 14.8 Å². The summed E-state index contributed by atoms with van der Waals surface area (Å²) in [7, 11) is -3.71. The number of rotatable bonds is 9. The van der Waals surface area contributed by atoms with Gasteiger partial charge in [0.25, 0.3) is 10.0 Å². The molecule has 0 bridgehead atoms. The predicted molar refractivity (Wildman–Crippen MR) is 128 cm³/mol. The summed E-state index contributed by atoms with van der Waals surface area (Å²) in [6.45, 7) is 4.61. The van der Waals surface area contributed by atoms with Crippen molar-refractivity contribution in [2.45, 2.75) is 18.7 Å². The zero-order valence-corrected chi connectivity index (χ0v) is 18.9. The van der Waals surface area contributed by atoms with Crippen LogP contribution < -0.4 is 14.4 Å². The molecule has 0 spiro atoms. The number of hydrogen-bond acceptors (Lipinski definition) is 4. The van der Waals surface area contributed by atoms with E-state index in [0.29, 0.717) is 24.5 Å². The number of para-hydroxylation sites is 1. The van der Waals surface area contributed by atoms with E-state index >= 15 is 0 Å². The molecule has 0 aromatic heterocycles. The summed E-state index contributed by atoms with van der Waals surface area (Å²) in [6.07, 6.45) is 3.12. The molecular formula is C25H26N2O4S. The number of hydrogen-bond donors (Lipinski definition) is 1. The zero-order valence-electron chi connectivity index (χ0n) is 18.1. The molecule has 3 aromatic carbocycles. The Labute approximate surface area is 189 Å². The molecule has 3 rings (SSSR count). The highest BCUT2D eigenvalue weighted by Crippen LogP contribution is 2.24. The molecule has 0 heterocycles. The van der Waals surface area contributed by atoms with Gasteiger partial charge in [-0.05, 0) is 74.0 Å². The first kappa shape index (κ1) is 23.1.